The van der Waals surface area contributed by atoms with Crippen LogP contribution in [0.5, 0.6) is 5.75 Å². The molecule has 1 N–H and O–H groups in total. The molecule has 0 saturated carbocycles. The Kier molecular flexibility index (Phi) is 4.48. The Bertz CT molecular complexity index is 1510. The maximum absolute atomic E-state index is 13.8. The van der Waals surface area contributed by atoms with Crippen molar-refractivity contribution in [1.29, 1.82) is 0 Å². The van der Waals surface area contributed by atoms with E-state index in [2.05, 4.69) is 4.98 Å². The normalized spacial score (nSPS) is 13.3. The standard InChI is InChI=1S/C27H17F2NO3/c28-18-7-5-15(6-8-18)26(31)27-24(20-3-1-2-4-23(20)33-27)16-11-17-14-32-22-10-9-19(29)12-21(22)25(17)30-13-16/h1-13,26,31H,14H2/t26-/m1/s1. The van der Waals surface area contributed by atoms with Gasteiger partial charge in [-0.3, -0.25) is 4.98 Å². The van der Waals surface area contributed by atoms with Crippen LogP contribution in [0.1, 0.15) is 23.0 Å². The number of hydrogen-bond donors (Lipinski definition) is 1. The van der Waals surface area contributed by atoms with Gasteiger partial charge >= 0.3 is 0 Å². The molecule has 33 heavy (non-hydrogen) atoms. The topological polar surface area (TPSA) is 55.5 Å². The van der Waals surface area contributed by atoms with E-state index in [0.717, 1.165) is 16.5 Å². The van der Waals surface area contributed by atoms with Crippen LogP contribution < -0.4 is 4.74 Å². The number of halogens is 2. The predicted octanol–water partition coefficient (Wildman–Crippen LogP) is 6.41. The Balaban J connectivity index is 1.52. The number of rotatable bonds is 3. The van der Waals surface area contributed by atoms with Crippen LogP contribution in [0.3, 0.4) is 0 Å². The second-order valence-corrected chi connectivity index (χ2v) is 7.95. The van der Waals surface area contributed by atoms with E-state index < -0.39 is 6.10 Å². The highest BCUT2D eigenvalue weighted by Crippen LogP contribution is 2.42. The zero-order valence-electron chi connectivity index (χ0n) is 17.3. The number of nitrogens with zero attached hydrogens (tertiary/aromatic N) is 1. The van der Waals surface area contributed by atoms with E-state index in [9.17, 15) is 13.9 Å². The van der Waals surface area contributed by atoms with Gasteiger partial charge in [-0.1, -0.05) is 30.3 Å². The number of hydrogen-bond acceptors (Lipinski definition) is 4. The van der Waals surface area contributed by atoms with Crippen LogP contribution in [-0.2, 0) is 6.61 Å². The number of aromatic nitrogens is 1. The molecule has 5 aromatic rings. The van der Waals surface area contributed by atoms with E-state index in [-0.39, 0.29) is 11.6 Å². The van der Waals surface area contributed by atoms with Crippen molar-refractivity contribution in [3.8, 4) is 28.1 Å². The van der Waals surface area contributed by atoms with Crippen molar-refractivity contribution >= 4 is 11.0 Å². The highest BCUT2D eigenvalue weighted by molar-refractivity contribution is 5.96. The Morgan fingerprint density at radius 2 is 1.70 bits per heavy atom. The van der Waals surface area contributed by atoms with Crippen LogP contribution in [-0.4, -0.2) is 10.1 Å². The van der Waals surface area contributed by atoms with Gasteiger partial charge in [-0.25, -0.2) is 8.78 Å². The van der Waals surface area contributed by atoms with E-state index in [1.54, 1.807) is 12.3 Å². The number of para-hydroxylation sites is 1. The second-order valence-electron chi connectivity index (χ2n) is 7.95. The second kappa shape index (κ2) is 7.53. The Morgan fingerprint density at radius 1 is 0.909 bits per heavy atom. The Morgan fingerprint density at radius 3 is 2.55 bits per heavy atom. The summed E-state index contributed by atoms with van der Waals surface area (Å²) in [5, 5.41) is 11.9. The highest BCUT2D eigenvalue weighted by Gasteiger charge is 2.26. The fourth-order valence-corrected chi connectivity index (χ4v) is 4.32. The van der Waals surface area contributed by atoms with Gasteiger partial charge in [0.15, 0.2) is 0 Å². The van der Waals surface area contributed by atoms with Gasteiger partial charge in [-0.2, -0.15) is 0 Å². The summed E-state index contributed by atoms with van der Waals surface area (Å²) in [4.78, 5) is 4.63. The van der Waals surface area contributed by atoms with Gasteiger partial charge in [0.25, 0.3) is 0 Å². The zero-order chi connectivity index (χ0) is 22.5. The Labute approximate surface area is 187 Å². The molecule has 0 aliphatic carbocycles. The SMILES string of the molecule is O[C@H](c1ccc(F)cc1)c1oc2ccccc2c1-c1cnc2c(c1)COc1ccc(F)cc1-2. The lowest BCUT2D eigenvalue weighted by atomic mass is 9.95. The zero-order valence-corrected chi connectivity index (χ0v) is 17.3. The molecule has 4 nitrogen and oxygen atoms in total. The summed E-state index contributed by atoms with van der Waals surface area (Å²) in [6.45, 7) is 0.292. The van der Waals surface area contributed by atoms with Crippen LogP contribution in [0.2, 0.25) is 0 Å². The fraction of sp³-hybridized carbons (Fsp3) is 0.0741. The van der Waals surface area contributed by atoms with Crippen LogP contribution in [0.25, 0.3) is 33.4 Å². The summed E-state index contributed by atoms with van der Waals surface area (Å²) < 4.78 is 39.1. The summed E-state index contributed by atoms with van der Waals surface area (Å²) in [5.41, 5.74) is 4.62. The van der Waals surface area contributed by atoms with Gasteiger partial charge in [-0.15, -0.1) is 0 Å². The quantitative estimate of drug-likeness (QED) is 0.351. The van der Waals surface area contributed by atoms with Crippen molar-refractivity contribution in [3.05, 3.63) is 108 Å². The first kappa shape index (κ1) is 19.6. The van der Waals surface area contributed by atoms with Crippen LogP contribution in [0.15, 0.2) is 83.4 Å². The van der Waals surface area contributed by atoms with Crippen molar-refractivity contribution < 1.29 is 23.0 Å². The number of ether oxygens (including phenoxy) is 1. The molecule has 162 valence electrons. The summed E-state index contributed by atoms with van der Waals surface area (Å²) in [7, 11) is 0. The maximum atomic E-state index is 13.8. The minimum absolute atomic E-state index is 0.292. The maximum Gasteiger partial charge on any atom is 0.146 e. The molecular formula is C27H17F2NO3. The van der Waals surface area contributed by atoms with Gasteiger partial charge in [-0.05, 0) is 48.0 Å². The van der Waals surface area contributed by atoms with Crippen molar-refractivity contribution in [2.75, 3.05) is 0 Å². The largest absolute Gasteiger partial charge is 0.488 e. The number of pyridine rings is 1. The van der Waals surface area contributed by atoms with Gasteiger partial charge in [0.1, 0.15) is 41.4 Å². The van der Waals surface area contributed by atoms with E-state index in [1.165, 1.54) is 36.4 Å². The molecular weight excluding hydrogens is 424 g/mol. The van der Waals surface area contributed by atoms with Gasteiger partial charge in [0, 0.05) is 33.8 Å². The number of aliphatic hydroxyl groups excluding tert-OH is 1. The van der Waals surface area contributed by atoms with Crippen molar-refractivity contribution in [2.24, 2.45) is 0 Å². The molecule has 0 spiro atoms. The minimum atomic E-state index is -1.10. The predicted molar refractivity (Wildman–Crippen MR) is 120 cm³/mol. The monoisotopic (exact) mass is 441 g/mol. The molecule has 0 unspecified atom stereocenters. The lowest BCUT2D eigenvalue weighted by Gasteiger charge is -2.20. The summed E-state index contributed by atoms with van der Waals surface area (Å²) in [6, 6.07) is 19.4. The molecule has 2 aromatic heterocycles. The molecule has 1 aliphatic heterocycles. The molecule has 0 amide bonds. The molecule has 1 aliphatic rings. The molecule has 0 fully saturated rings. The number of fused-ring (bicyclic) bond motifs is 4. The van der Waals surface area contributed by atoms with Gasteiger partial charge < -0.3 is 14.3 Å². The third-order valence-electron chi connectivity index (χ3n) is 5.89. The lowest BCUT2D eigenvalue weighted by molar-refractivity contribution is 0.193. The first-order valence-corrected chi connectivity index (χ1v) is 10.5. The third kappa shape index (κ3) is 3.27. The van der Waals surface area contributed by atoms with E-state index in [1.807, 2.05) is 30.3 Å². The summed E-state index contributed by atoms with van der Waals surface area (Å²) >= 11 is 0. The van der Waals surface area contributed by atoms with Crippen molar-refractivity contribution in [1.82, 2.24) is 4.98 Å². The van der Waals surface area contributed by atoms with Gasteiger partial charge in [0.05, 0.1) is 5.69 Å². The minimum Gasteiger partial charge on any atom is -0.488 e. The van der Waals surface area contributed by atoms with E-state index in [4.69, 9.17) is 9.15 Å². The van der Waals surface area contributed by atoms with E-state index >= 15 is 0 Å². The smallest absolute Gasteiger partial charge is 0.146 e. The molecule has 3 heterocycles. The fourth-order valence-electron chi connectivity index (χ4n) is 4.32. The summed E-state index contributed by atoms with van der Waals surface area (Å²) in [5.74, 6) is 0.186. The number of aliphatic hydroxyl groups is 1. The van der Waals surface area contributed by atoms with Gasteiger partial charge in [0.2, 0.25) is 0 Å². The van der Waals surface area contributed by atoms with Crippen LogP contribution >= 0.6 is 0 Å². The van der Waals surface area contributed by atoms with Crippen molar-refractivity contribution in [3.63, 3.8) is 0 Å². The third-order valence-corrected chi connectivity index (χ3v) is 5.89. The van der Waals surface area contributed by atoms with Crippen LogP contribution in [0.4, 0.5) is 8.78 Å². The van der Waals surface area contributed by atoms with Crippen molar-refractivity contribution in [2.45, 2.75) is 12.7 Å². The average Bonchev–Trinajstić information content (AvgIpc) is 3.23. The number of benzene rings is 3. The molecule has 6 heteroatoms. The molecule has 0 bridgehead atoms. The van der Waals surface area contributed by atoms with Crippen LogP contribution in [0, 0.1) is 11.6 Å². The Hall–Kier alpha value is -4.03. The number of furan rings is 1. The first-order valence-electron chi connectivity index (χ1n) is 10.5. The highest BCUT2D eigenvalue weighted by atomic mass is 19.1. The molecule has 1 atom stereocenters. The molecule has 0 saturated heterocycles. The van der Waals surface area contributed by atoms with E-state index in [0.29, 0.717) is 46.1 Å². The first-order chi connectivity index (χ1) is 16.1. The average molecular weight is 441 g/mol. The molecule has 0 radical (unpaired) electrons. The lowest BCUT2D eigenvalue weighted by Crippen LogP contribution is -2.08. The molecule has 6 rings (SSSR count). The molecule has 3 aromatic carbocycles. The summed E-state index contributed by atoms with van der Waals surface area (Å²) in [6.07, 6.45) is 0.590.